The van der Waals surface area contributed by atoms with Crippen molar-refractivity contribution in [3.63, 3.8) is 0 Å². The van der Waals surface area contributed by atoms with Gasteiger partial charge in [0, 0.05) is 58.4 Å². The van der Waals surface area contributed by atoms with Crippen molar-refractivity contribution in [2.45, 2.75) is 58.6 Å². The van der Waals surface area contributed by atoms with Crippen molar-refractivity contribution in [1.82, 2.24) is 14.7 Å². The van der Waals surface area contributed by atoms with Crippen LogP contribution in [0.1, 0.15) is 46.5 Å². The summed E-state index contributed by atoms with van der Waals surface area (Å²) < 4.78 is 5.64. The van der Waals surface area contributed by atoms with Gasteiger partial charge in [-0.3, -0.25) is 14.7 Å². The van der Waals surface area contributed by atoms with Gasteiger partial charge in [0.1, 0.15) is 0 Å². The van der Waals surface area contributed by atoms with E-state index in [2.05, 4.69) is 35.5 Å². The first-order chi connectivity index (χ1) is 11.6. The van der Waals surface area contributed by atoms with Gasteiger partial charge in [-0.25, -0.2) is 0 Å². The second-order valence-electron chi connectivity index (χ2n) is 8.67. The van der Waals surface area contributed by atoms with Gasteiger partial charge in [-0.15, -0.1) is 0 Å². The Labute approximate surface area is 149 Å². The monoisotopic (exact) mass is 337 g/mol. The average molecular weight is 338 g/mol. The van der Waals surface area contributed by atoms with Crippen LogP contribution in [0.15, 0.2) is 0 Å². The Balaban J connectivity index is 1.33. The third kappa shape index (κ3) is 5.17. The SMILES string of the molecule is CC(C)C1CCC(N2CCN(CCN3CCO[C@H](C)C3)CC2)CC1. The maximum atomic E-state index is 5.64. The molecule has 0 aromatic rings. The fraction of sp³-hybridized carbons (Fsp3) is 1.00. The second-order valence-corrected chi connectivity index (χ2v) is 8.67. The Kier molecular flexibility index (Phi) is 6.97. The minimum atomic E-state index is 0.413. The van der Waals surface area contributed by atoms with Crippen LogP contribution < -0.4 is 0 Å². The highest BCUT2D eigenvalue weighted by molar-refractivity contribution is 4.84. The lowest BCUT2D eigenvalue weighted by Gasteiger charge is -2.43. The molecule has 4 nitrogen and oxygen atoms in total. The van der Waals surface area contributed by atoms with Crippen molar-refractivity contribution in [3.05, 3.63) is 0 Å². The van der Waals surface area contributed by atoms with Gasteiger partial charge < -0.3 is 4.74 Å². The lowest BCUT2D eigenvalue weighted by atomic mass is 9.79. The van der Waals surface area contributed by atoms with E-state index >= 15 is 0 Å². The molecule has 0 aromatic heterocycles. The van der Waals surface area contributed by atoms with Gasteiger partial charge >= 0.3 is 0 Å². The Bertz CT molecular complexity index is 360. The number of ether oxygens (including phenoxy) is 1. The molecule has 24 heavy (non-hydrogen) atoms. The standard InChI is InChI=1S/C20H39N3O/c1-17(2)19-4-6-20(7-5-19)23-12-10-21(11-13-23)8-9-22-14-15-24-18(3)16-22/h17-20H,4-16H2,1-3H3/t18-,19?,20?/m1/s1. The largest absolute Gasteiger partial charge is 0.376 e. The summed E-state index contributed by atoms with van der Waals surface area (Å²) in [6, 6.07) is 0.877. The molecule has 2 saturated heterocycles. The zero-order valence-electron chi connectivity index (χ0n) is 16.3. The Morgan fingerprint density at radius 2 is 1.54 bits per heavy atom. The molecule has 4 heteroatoms. The van der Waals surface area contributed by atoms with Crippen LogP contribution in [0.3, 0.4) is 0 Å². The molecule has 0 N–H and O–H groups in total. The first-order valence-electron chi connectivity index (χ1n) is 10.4. The molecule has 2 aliphatic heterocycles. The van der Waals surface area contributed by atoms with E-state index < -0.39 is 0 Å². The molecule has 0 spiro atoms. The van der Waals surface area contributed by atoms with Crippen LogP contribution in [0.5, 0.6) is 0 Å². The van der Waals surface area contributed by atoms with Gasteiger partial charge in [0.15, 0.2) is 0 Å². The smallest absolute Gasteiger partial charge is 0.0674 e. The summed E-state index contributed by atoms with van der Waals surface area (Å²) in [5.74, 6) is 1.86. The number of morpholine rings is 1. The van der Waals surface area contributed by atoms with Crippen LogP contribution in [0, 0.1) is 11.8 Å². The molecule has 0 amide bonds. The predicted molar refractivity (Wildman–Crippen MR) is 100 cm³/mol. The molecule has 1 atom stereocenters. The molecule has 0 bridgehead atoms. The van der Waals surface area contributed by atoms with E-state index in [0.717, 1.165) is 37.6 Å². The van der Waals surface area contributed by atoms with Gasteiger partial charge in [-0.2, -0.15) is 0 Å². The minimum Gasteiger partial charge on any atom is -0.376 e. The molecule has 3 fully saturated rings. The molecule has 3 aliphatic rings. The average Bonchev–Trinajstić information content (AvgIpc) is 2.61. The molecule has 1 saturated carbocycles. The van der Waals surface area contributed by atoms with Crippen molar-refractivity contribution in [3.8, 4) is 0 Å². The maximum absolute atomic E-state index is 5.64. The van der Waals surface area contributed by atoms with E-state index in [0.29, 0.717) is 6.10 Å². The van der Waals surface area contributed by atoms with Crippen molar-refractivity contribution < 1.29 is 4.74 Å². The highest BCUT2D eigenvalue weighted by Crippen LogP contribution is 2.32. The molecule has 1 aliphatic carbocycles. The Morgan fingerprint density at radius 3 is 2.17 bits per heavy atom. The van der Waals surface area contributed by atoms with Gasteiger partial charge in [-0.1, -0.05) is 13.8 Å². The number of hydrogen-bond acceptors (Lipinski definition) is 4. The minimum absolute atomic E-state index is 0.413. The number of rotatable bonds is 5. The summed E-state index contributed by atoms with van der Waals surface area (Å²) in [5, 5.41) is 0. The summed E-state index contributed by atoms with van der Waals surface area (Å²) in [6.45, 7) is 17.7. The van der Waals surface area contributed by atoms with E-state index in [1.165, 1.54) is 65.0 Å². The molecular formula is C20H39N3O. The zero-order chi connectivity index (χ0) is 16.9. The van der Waals surface area contributed by atoms with Crippen molar-refractivity contribution >= 4 is 0 Å². The molecule has 2 heterocycles. The summed E-state index contributed by atoms with van der Waals surface area (Å²) in [7, 11) is 0. The summed E-state index contributed by atoms with van der Waals surface area (Å²) in [5.41, 5.74) is 0. The van der Waals surface area contributed by atoms with Crippen LogP contribution in [-0.2, 0) is 4.74 Å². The maximum Gasteiger partial charge on any atom is 0.0674 e. The Hall–Kier alpha value is -0.160. The first-order valence-corrected chi connectivity index (χ1v) is 10.4. The van der Waals surface area contributed by atoms with Crippen molar-refractivity contribution in [1.29, 1.82) is 0 Å². The van der Waals surface area contributed by atoms with Crippen LogP contribution in [0.4, 0.5) is 0 Å². The molecule has 0 radical (unpaired) electrons. The fourth-order valence-electron chi connectivity index (χ4n) is 4.86. The lowest BCUT2D eigenvalue weighted by Crippen LogP contribution is -2.53. The molecular weight excluding hydrogens is 298 g/mol. The van der Waals surface area contributed by atoms with E-state index in [4.69, 9.17) is 4.74 Å². The molecule has 0 aromatic carbocycles. The molecule has 0 unspecified atom stereocenters. The normalized spacial score (nSPS) is 34.8. The van der Waals surface area contributed by atoms with Gasteiger partial charge in [0.2, 0.25) is 0 Å². The molecule has 3 rings (SSSR count). The number of piperazine rings is 1. The summed E-state index contributed by atoms with van der Waals surface area (Å²) in [6.07, 6.45) is 6.20. The van der Waals surface area contributed by atoms with E-state index in [1.807, 2.05) is 0 Å². The first kappa shape index (κ1) is 18.6. The lowest BCUT2D eigenvalue weighted by molar-refractivity contribution is -0.0226. The van der Waals surface area contributed by atoms with Crippen LogP contribution in [0.25, 0.3) is 0 Å². The quantitative estimate of drug-likeness (QED) is 0.767. The highest BCUT2D eigenvalue weighted by Gasteiger charge is 2.29. The number of nitrogens with zero attached hydrogens (tertiary/aromatic N) is 3. The van der Waals surface area contributed by atoms with Crippen LogP contribution >= 0.6 is 0 Å². The van der Waals surface area contributed by atoms with E-state index in [1.54, 1.807) is 0 Å². The van der Waals surface area contributed by atoms with Crippen molar-refractivity contribution in [2.24, 2.45) is 11.8 Å². The molecule has 140 valence electrons. The van der Waals surface area contributed by atoms with E-state index in [9.17, 15) is 0 Å². The Morgan fingerprint density at radius 1 is 0.875 bits per heavy atom. The topological polar surface area (TPSA) is 19.0 Å². The number of hydrogen-bond donors (Lipinski definition) is 0. The second kappa shape index (κ2) is 8.98. The third-order valence-corrected chi connectivity index (χ3v) is 6.67. The van der Waals surface area contributed by atoms with E-state index in [-0.39, 0.29) is 0 Å². The fourth-order valence-corrected chi connectivity index (χ4v) is 4.86. The van der Waals surface area contributed by atoms with Crippen LogP contribution in [-0.4, -0.2) is 85.8 Å². The third-order valence-electron chi connectivity index (χ3n) is 6.67. The van der Waals surface area contributed by atoms with Crippen molar-refractivity contribution in [2.75, 3.05) is 59.0 Å². The predicted octanol–water partition coefficient (Wildman–Crippen LogP) is 2.54. The van der Waals surface area contributed by atoms with Gasteiger partial charge in [0.05, 0.1) is 12.7 Å². The highest BCUT2D eigenvalue weighted by atomic mass is 16.5. The summed E-state index contributed by atoms with van der Waals surface area (Å²) >= 11 is 0. The van der Waals surface area contributed by atoms with Crippen LogP contribution in [0.2, 0.25) is 0 Å². The zero-order valence-corrected chi connectivity index (χ0v) is 16.3. The van der Waals surface area contributed by atoms with Gasteiger partial charge in [-0.05, 0) is 44.4 Å². The van der Waals surface area contributed by atoms with Gasteiger partial charge in [0.25, 0.3) is 0 Å². The summed E-state index contributed by atoms with van der Waals surface area (Å²) in [4.78, 5) is 8.05.